The van der Waals surface area contributed by atoms with Crippen molar-refractivity contribution in [2.24, 2.45) is 0 Å². The van der Waals surface area contributed by atoms with Crippen LogP contribution < -0.4 is 10.6 Å². The topological polar surface area (TPSA) is 78.4 Å². The number of amides is 2. The van der Waals surface area contributed by atoms with Gasteiger partial charge in [0.05, 0.1) is 6.04 Å². The van der Waals surface area contributed by atoms with Crippen molar-refractivity contribution >= 4 is 12.0 Å². The Balaban J connectivity index is 2.18. The molecule has 5 nitrogen and oxygen atoms in total. The zero-order chi connectivity index (χ0) is 15.7. The van der Waals surface area contributed by atoms with Gasteiger partial charge in [-0.05, 0) is 32.3 Å². The van der Waals surface area contributed by atoms with Gasteiger partial charge < -0.3 is 15.7 Å². The van der Waals surface area contributed by atoms with Gasteiger partial charge in [0, 0.05) is 13.0 Å². The Bertz CT molecular complexity index is 457. The van der Waals surface area contributed by atoms with E-state index in [1.165, 1.54) is 5.56 Å². The predicted molar refractivity (Wildman–Crippen MR) is 82.2 cm³/mol. The van der Waals surface area contributed by atoms with Crippen molar-refractivity contribution in [3.05, 3.63) is 35.4 Å². The van der Waals surface area contributed by atoms with E-state index in [2.05, 4.69) is 10.6 Å². The molecule has 1 atom stereocenters. The lowest BCUT2D eigenvalue weighted by Crippen LogP contribution is -2.37. The van der Waals surface area contributed by atoms with E-state index < -0.39 is 5.97 Å². The van der Waals surface area contributed by atoms with E-state index in [-0.39, 0.29) is 18.5 Å². The number of carbonyl (C=O) groups excluding carboxylic acids is 1. The lowest BCUT2D eigenvalue weighted by Gasteiger charge is -2.15. The van der Waals surface area contributed by atoms with Gasteiger partial charge in [0.15, 0.2) is 0 Å². The Morgan fingerprint density at radius 2 is 1.81 bits per heavy atom. The first-order valence-electron chi connectivity index (χ1n) is 7.32. The molecule has 0 aromatic heterocycles. The number of aliphatic carboxylic acids is 1. The SMILES string of the molecule is Cc1ccc(C(C)NC(=O)NCCCCCC(=O)O)cc1. The maximum atomic E-state index is 11.7. The minimum atomic E-state index is -0.771. The van der Waals surface area contributed by atoms with E-state index in [4.69, 9.17) is 5.11 Å². The van der Waals surface area contributed by atoms with Gasteiger partial charge in [-0.15, -0.1) is 0 Å². The summed E-state index contributed by atoms with van der Waals surface area (Å²) in [4.78, 5) is 22.1. The fourth-order valence-corrected chi connectivity index (χ4v) is 1.97. The fraction of sp³-hybridized carbons (Fsp3) is 0.500. The molecule has 3 N–H and O–H groups in total. The number of hydrogen-bond donors (Lipinski definition) is 3. The van der Waals surface area contributed by atoms with Crippen LogP contribution in [-0.4, -0.2) is 23.7 Å². The van der Waals surface area contributed by atoms with Crippen molar-refractivity contribution in [1.29, 1.82) is 0 Å². The van der Waals surface area contributed by atoms with Gasteiger partial charge >= 0.3 is 12.0 Å². The molecule has 21 heavy (non-hydrogen) atoms. The van der Waals surface area contributed by atoms with Crippen LogP contribution in [0.3, 0.4) is 0 Å². The van der Waals surface area contributed by atoms with Crippen molar-refractivity contribution < 1.29 is 14.7 Å². The monoisotopic (exact) mass is 292 g/mol. The van der Waals surface area contributed by atoms with Crippen LogP contribution in [0.5, 0.6) is 0 Å². The Kier molecular flexibility index (Phi) is 7.29. The Morgan fingerprint density at radius 1 is 1.14 bits per heavy atom. The van der Waals surface area contributed by atoms with Gasteiger partial charge in [-0.1, -0.05) is 36.2 Å². The smallest absolute Gasteiger partial charge is 0.315 e. The summed E-state index contributed by atoms with van der Waals surface area (Å²) in [5.41, 5.74) is 2.26. The quantitative estimate of drug-likeness (QED) is 0.644. The third kappa shape index (κ3) is 7.34. The number of rotatable bonds is 8. The molecule has 1 aromatic rings. The van der Waals surface area contributed by atoms with Gasteiger partial charge in [0.2, 0.25) is 0 Å². The van der Waals surface area contributed by atoms with Crippen LogP contribution in [0.15, 0.2) is 24.3 Å². The normalized spacial score (nSPS) is 11.7. The van der Waals surface area contributed by atoms with Crippen LogP contribution in [0.4, 0.5) is 4.79 Å². The summed E-state index contributed by atoms with van der Waals surface area (Å²) in [6.07, 6.45) is 2.44. The average Bonchev–Trinajstić information content (AvgIpc) is 2.43. The highest BCUT2D eigenvalue weighted by atomic mass is 16.4. The predicted octanol–water partition coefficient (Wildman–Crippen LogP) is 3.00. The largest absolute Gasteiger partial charge is 0.481 e. The number of unbranched alkanes of at least 4 members (excludes halogenated alkanes) is 2. The molecule has 5 heteroatoms. The zero-order valence-electron chi connectivity index (χ0n) is 12.7. The van der Waals surface area contributed by atoms with E-state index in [1.807, 2.05) is 38.1 Å². The molecule has 1 rings (SSSR count). The van der Waals surface area contributed by atoms with Crippen molar-refractivity contribution in [2.45, 2.75) is 45.6 Å². The van der Waals surface area contributed by atoms with Crippen molar-refractivity contribution in [1.82, 2.24) is 10.6 Å². The summed E-state index contributed by atoms with van der Waals surface area (Å²) in [5.74, 6) is -0.771. The number of hydrogen-bond acceptors (Lipinski definition) is 2. The van der Waals surface area contributed by atoms with Crippen molar-refractivity contribution in [3.8, 4) is 0 Å². The summed E-state index contributed by atoms with van der Waals surface area (Å²) in [6, 6.07) is 7.82. The molecule has 0 radical (unpaired) electrons. The van der Waals surface area contributed by atoms with Gasteiger partial charge in [0.1, 0.15) is 0 Å². The van der Waals surface area contributed by atoms with E-state index in [1.54, 1.807) is 0 Å². The summed E-state index contributed by atoms with van der Waals surface area (Å²) in [5, 5.41) is 14.2. The molecule has 0 spiro atoms. The molecular weight excluding hydrogens is 268 g/mol. The highest BCUT2D eigenvalue weighted by molar-refractivity contribution is 5.74. The molecule has 0 aliphatic carbocycles. The molecule has 0 bridgehead atoms. The second-order valence-electron chi connectivity index (χ2n) is 5.24. The van der Waals surface area contributed by atoms with Crippen molar-refractivity contribution in [3.63, 3.8) is 0 Å². The van der Waals surface area contributed by atoms with E-state index in [9.17, 15) is 9.59 Å². The van der Waals surface area contributed by atoms with Gasteiger partial charge in [0.25, 0.3) is 0 Å². The third-order valence-corrected chi connectivity index (χ3v) is 3.28. The molecule has 0 saturated carbocycles. The third-order valence-electron chi connectivity index (χ3n) is 3.28. The second kappa shape index (κ2) is 9.00. The molecule has 1 unspecified atom stereocenters. The highest BCUT2D eigenvalue weighted by Gasteiger charge is 2.08. The van der Waals surface area contributed by atoms with Gasteiger partial charge in [-0.2, -0.15) is 0 Å². The van der Waals surface area contributed by atoms with Gasteiger partial charge in [-0.3, -0.25) is 4.79 Å². The maximum Gasteiger partial charge on any atom is 0.315 e. The molecule has 116 valence electrons. The maximum absolute atomic E-state index is 11.7. The van der Waals surface area contributed by atoms with Crippen molar-refractivity contribution in [2.75, 3.05) is 6.54 Å². The molecule has 0 fully saturated rings. The molecule has 0 saturated heterocycles. The Morgan fingerprint density at radius 3 is 2.43 bits per heavy atom. The van der Waals surface area contributed by atoms with E-state index in [0.29, 0.717) is 13.0 Å². The summed E-state index contributed by atoms with van der Waals surface area (Å²) in [7, 11) is 0. The minimum Gasteiger partial charge on any atom is -0.481 e. The molecule has 2 amide bonds. The second-order valence-corrected chi connectivity index (χ2v) is 5.24. The Labute approximate surface area is 125 Å². The molecule has 0 aliphatic rings. The number of nitrogens with one attached hydrogen (secondary N) is 2. The lowest BCUT2D eigenvalue weighted by atomic mass is 10.1. The number of carboxylic acid groups (broad SMARTS) is 1. The van der Waals surface area contributed by atoms with Crippen LogP contribution in [0.25, 0.3) is 0 Å². The number of carboxylic acids is 1. The summed E-state index contributed by atoms with van der Waals surface area (Å²) >= 11 is 0. The van der Waals surface area contributed by atoms with Crippen LogP contribution in [0.1, 0.15) is 49.8 Å². The fourth-order valence-electron chi connectivity index (χ4n) is 1.97. The minimum absolute atomic E-state index is 0.0439. The van der Waals surface area contributed by atoms with Crippen LogP contribution in [-0.2, 0) is 4.79 Å². The van der Waals surface area contributed by atoms with Crippen LogP contribution in [0, 0.1) is 6.92 Å². The molecule has 0 aliphatic heterocycles. The number of carbonyl (C=O) groups is 2. The Hall–Kier alpha value is -2.04. The molecule has 0 heterocycles. The van der Waals surface area contributed by atoms with E-state index in [0.717, 1.165) is 18.4 Å². The number of aryl methyl sites for hydroxylation is 1. The highest BCUT2D eigenvalue weighted by Crippen LogP contribution is 2.12. The van der Waals surface area contributed by atoms with Gasteiger partial charge in [-0.25, -0.2) is 4.79 Å². The molecular formula is C16H24N2O3. The lowest BCUT2D eigenvalue weighted by molar-refractivity contribution is -0.137. The first kappa shape index (κ1) is 17.0. The first-order chi connectivity index (χ1) is 9.99. The standard InChI is InChI=1S/C16H24N2O3/c1-12-7-9-14(10-8-12)13(2)18-16(21)17-11-5-3-4-6-15(19)20/h7-10,13H,3-6,11H2,1-2H3,(H,19,20)(H2,17,18,21). The first-order valence-corrected chi connectivity index (χ1v) is 7.32. The number of benzene rings is 1. The average molecular weight is 292 g/mol. The molecule has 1 aromatic carbocycles. The number of urea groups is 1. The van der Waals surface area contributed by atoms with Crippen LogP contribution in [0.2, 0.25) is 0 Å². The van der Waals surface area contributed by atoms with E-state index >= 15 is 0 Å². The summed E-state index contributed by atoms with van der Waals surface area (Å²) < 4.78 is 0. The summed E-state index contributed by atoms with van der Waals surface area (Å²) in [6.45, 7) is 4.53. The zero-order valence-corrected chi connectivity index (χ0v) is 12.7. The van der Waals surface area contributed by atoms with Crippen LogP contribution >= 0.6 is 0 Å².